The number of likely N-dealkylation sites (N-methyl/N-ethyl adjacent to an activating group) is 1. The van der Waals surface area contributed by atoms with E-state index in [0.717, 1.165) is 13.0 Å². The van der Waals surface area contributed by atoms with Crippen LogP contribution in [0.3, 0.4) is 0 Å². The lowest BCUT2D eigenvalue weighted by Gasteiger charge is -2.29. The number of nitrogens with zero attached hydrogens (tertiary/aromatic N) is 3. The third-order valence-corrected chi connectivity index (χ3v) is 4.42. The Morgan fingerprint density at radius 1 is 1.45 bits per heavy atom. The number of carbonyl (C=O) groups is 2. The lowest BCUT2D eigenvalue weighted by Crippen LogP contribution is -2.50. The number of rotatable bonds is 7. The summed E-state index contributed by atoms with van der Waals surface area (Å²) in [6, 6.07) is -0.254. The monoisotopic (exact) mass is 314 g/mol. The van der Waals surface area contributed by atoms with Crippen LogP contribution in [-0.4, -0.2) is 78.8 Å². The molecule has 2 fully saturated rings. The molecule has 0 aliphatic carbocycles. The molecule has 2 saturated heterocycles. The number of piperidine rings is 1. The Labute approximate surface area is 131 Å². The number of nitrogens with one attached hydrogen (secondary N) is 1. The summed E-state index contributed by atoms with van der Waals surface area (Å²) in [5, 5.41) is 1.35. The summed E-state index contributed by atoms with van der Waals surface area (Å²) in [7, 11) is 3.47. The molecule has 0 radical (unpaired) electrons. The summed E-state index contributed by atoms with van der Waals surface area (Å²) >= 11 is 0. The zero-order chi connectivity index (χ0) is 16.3. The standard InChI is InChI=1S/C14H26N4O4/c1-10(2)16(3)7-8-22-15-13(19)12-6-5-11-9-17(12)14(20)18(11)21-4/h10-12H,5-9H2,1-4H3,(H,15,19)/t11-,12+/m1/s1. The van der Waals surface area contributed by atoms with E-state index in [9.17, 15) is 9.59 Å². The Morgan fingerprint density at radius 2 is 2.18 bits per heavy atom. The van der Waals surface area contributed by atoms with Crippen molar-refractivity contribution in [3.05, 3.63) is 0 Å². The van der Waals surface area contributed by atoms with E-state index in [-0.39, 0.29) is 18.0 Å². The zero-order valence-corrected chi connectivity index (χ0v) is 13.7. The van der Waals surface area contributed by atoms with E-state index in [1.165, 1.54) is 12.2 Å². The van der Waals surface area contributed by atoms with Gasteiger partial charge in [0.05, 0.1) is 19.8 Å². The fourth-order valence-corrected chi connectivity index (χ4v) is 2.78. The van der Waals surface area contributed by atoms with Gasteiger partial charge in [-0.15, -0.1) is 0 Å². The van der Waals surface area contributed by atoms with Gasteiger partial charge in [-0.2, -0.15) is 5.06 Å². The summed E-state index contributed by atoms with van der Waals surface area (Å²) < 4.78 is 0. The lowest BCUT2D eigenvalue weighted by atomic mass is 10.0. The van der Waals surface area contributed by atoms with Crippen LogP contribution in [0.4, 0.5) is 4.79 Å². The Bertz CT molecular complexity index is 418. The van der Waals surface area contributed by atoms with Crippen LogP contribution in [0.25, 0.3) is 0 Å². The van der Waals surface area contributed by atoms with Gasteiger partial charge < -0.3 is 9.80 Å². The largest absolute Gasteiger partial charge is 0.345 e. The lowest BCUT2D eigenvalue weighted by molar-refractivity contribution is -0.139. The first-order valence-electron chi connectivity index (χ1n) is 7.71. The van der Waals surface area contributed by atoms with Gasteiger partial charge in [0.2, 0.25) is 0 Å². The van der Waals surface area contributed by atoms with Gasteiger partial charge >= 0.3 is 6.03 Å². The number of hydrogen-bond donors (Lipinski definition) is 1. The van der Waals surface area contributed by atoms with Gasteiger partial charge in [0.15, 0.2) is 0 Å². The molecule has 2 heterocycles. The molecule has 1 N–H and O–H groups in total. The number of carbonyl (C=O) groups excluding carboxylic acids is 2. The van der Waals surface area contributed by atoms with E-state index in [4.69, 9.17) is 9.68 Å². The average molecular weight is 314 g/mol. The molecule has 2 aliphatic rings. The van der Waals surface area contributed by atoms with Gasteiger partial charge in [-0.25, -0.2) is 10.3 Å². The van der Waals surface area contributed by atoms with Crippen LogP contribution in [0, 0.1) is 0 Å². The van der Waals surface area contributed by atoms with Crippen LogP contribution in [-0.2, 0) is 14.5 Å². The Morgan fingerprint density at radius 3 is 2.82 bits per heavy atom. The smallest absolute Gasteiger partial charge is 0.309 e. The molecule has 2 atom stereocenters. The van der Waals surface area contributed by atoms with Gasteiger partial charge in [0.25, 0.3) is 5.91 Å². The van der Waals surface area contributed by atoms with Crippen LogP contribution in [0.1, 0.15) is 26.7 Å². The predicted octanol–water partition coefficient (Wildman–Crippen LogP) is 0.204. The second-order valence-corrected chi connectivity index (χ2v) is 6.08. The molecule has 0 aromatic heterocycles. The van der Waals surface area contributed by atoms with Crippen molar-refractivity contribution in [2.24, 2.45) is 0 Å². The van der Waals surface area contributed by atoms with Crippen LogP contribution in [0.5, 0.6) is 0 Å². The number of amides is 3. The quantitative estimate of drug-likeness (QED) is 0.537. The summed E-state index contributed by atoms with van der Waals surface area (Å²) in [5.41, 5.74) is 2.46. The zero-order valence-electron chi connectivity index (χ0n) is 13.7. The van der Waals surface area contributed by atoms with Crippen molar-refractivity contribution in [1.82, 2.24) is 20.3 Å². The molecule has 2 rings (SSSR count). The van der Waals surface area contributed by atoms with Gasteiger partial charge in [0, 0.05) is 19.1 Å². The highest BCUT2D eigenvalue weighted by Gasteiger charge is 2.47. The number of urea groups is 1. The van der Waals surface area contributed by atoms with Crippen molar-refractivity contribution in [2.75, 3.05) is 33.9 Å². The molecule has 0 aromatic rings. The molecule has 8 heteroatoms. The molecule has 3 amide bonds. The molecular weight excluding hydrogens is 288 g/mol. The topological polar surface area (TPSA) is 74.3 Å². The second-order valence-electron chi connectivity index (χ2n) is 6.08. The molecular formula is C14H26N4O4. The fourth-order valence-electron chi connectivity index (χ4n) is 2.78. The van der Waals surface area contributed by atoms with Crippen molar-refractivity contribution in [3.63, 3.8) is 0 Å². The average Bonchev–Trinajstić information content (AvgIpc) is 2.74. The molecule has 2 aliphatic heterocycles. The highest BCUT2D eigenvalue weighted by atomic mass is 16.7. The molecule has 0 unspecified atom stereocenters. The van der Waals surface area contributed by atoms with E-state index >= 15 is 0 Å². The third kappa shape index (κ3) is 3.50. The Balaban J connectivity index is 1.78. The van der Waals surface area contributed by atoms with E-state index in [1.54, 1.807) is 4.90 Å². The number of hydrogen-bond acceptors (Lipinski definition) is 5. The highest BCUT2D eigenvalue weighted by Crippen LogP contribution is 2.29. The van der Waals surface area contributed by atoms with Crippen molar-refractivity contribution < 1.29 is 19.3 Å². The Kier molecular flexibility index (Phi) is 5.60. The Hall–Kier alpha value is -1.38. The minimum atomic E-state index is -0.480. The second kappa shape index (κ2) is 7.26. The SMILES string of the molecule is CON1C(=O)N2C[C@H]1CC[C@H]2C(=O)NOCCN(C)C(C)C. The summed E-state index contributed by atoms with van der Waals surface area (Å²) in [6.45, 7) is 5.86. The third-order valence-electron chi connectivity index (χ3n) is 4.42. The first kappa shape index (κ1) is 17.0. The maximum atomic E-state index is 12.2. The van der Waals surface area contributed by atoms with Gasteiger partial charge in [0.1, 0.15) is 6.04 Å². The van der Waals surface area contributed by atoms with E-state index in [0.29, 0.717) is 25.6 Å². The molecule has 0 saturated carbocycles. The van der Waals surface area contributed by atoms with Crippen LogP contribution < -0.4 is 5.48 Å². The molecule has 8 nitrogen and oxygen atoms in total. The van der Waals surface area contributed by atoms with Crippen molar-refractivity contribution >= 4 is 11.9 Å². The van der Waals surface area contributed by atoms with Gasteiger partial charge in [-0.1, -0.05) is 0 Å². The van der Waals surface area contributed by atoms with Crippen molar-refractivity contribution in [1.29, 1.82) is 0 Å². The summed E-state index contributed by atoms with van der Waals surface area (Å²) in [5.74, 6) is -0.267. The summed E-state index contributed by atoms with van der Waals surface area (Å²) in [6.07, 6.45) is 1.38. The molecule has 0 aromatic carbocycles. The van der Waals surface area contributed by atoms with Gasteiger partial charge in [-0.3, -0.25) is 14.5 Å². The van der Waals surface area contributed by atoms with Crippen LogP contribution >= 0.6 is 0 Å². The van der Waals surface area contributed by atoms with E-state index in [2.05, 4.69) is 24.2 Å². The van der Waals surface area contributed by atoms with Crippen LogP contribution in [0.2, 0.25) is 0 Å². The fraction of sp³-hybridized carbons (Fsp3) is 0.857. The molecule has 126 valence electrons. The van der Waals surface area contributed by atoms with Crippen molar-refractivity contribution in [3.8, 4) is 0 Å². The minimum Gasteiger partial charge on any atom is -0.309 e. The first-order valence-corrected chi connectivity index (χ1v) is 7.71. The first-order chi connectivity index (χ1) is 10.5. The van der Waals surface area contributed by atoms with Crippen LogP contribution in [0.15, 0.2) is 0 Å². The summed E-state index contributed by atoms with van der Waals surface area (Å²) in [4.78, 5) is 38.3. The number of fused-ring (bicyclic) bond motifs is 2. The van der Waals surface area contributed by atoms with E-state index < -0.39 is 6.04 Å². The van der Waals surface area contributed by atoms with Crippen molar-refractivity contribution in [2.45, 2.75) is 44.8 Å². The molecule has 0 spiro atoms. The van der Waals surface area contributed by atoms with Gasteiger partial charge in [-0.05, 0) is 33.7 Å². The van der Waals surface area contributed by atoms with E-state index in [1.807, 2.05) is 7.05 Å². The number of hydroxylamine groups is 3. The molecule has 2 bridgehead atoms. The highest BCUT2D eigenvalue weighted by molar-refractivity contribution is 5.87. The minimum absolute atomic E-state index is 0.0437. The maximum Gasteiger partial charge on any atom is 0.345 e. The maximum absolute atomic E-state index is 12.2. The predicted molar refractivity (Wildman–Crippen MR) is 79.6 cm³/mol. The molecule has 22 heavy (non-hydrogen) atoms. The normalized spacial score (nSPS) is 24.5.